The number of thiazole rings is 1. The summed E-state index contributed by atoms with van der Waals surface area (Å²) in [4.78, 5) is 39.7. The highest BCUT2D eigenvalue weighted by molar-refractivity contribution is 7.13. The second kappa shape index (κ2) is 25.8. The molecule has 1 aromatic heterocycles. The van der Waals surface area contributed by atoms with Gasteiger partial charge in [-0.05, 0) is 95.8 Å². The minimum absolute atomic E-state index is 0.121. The monoisotopic (exact) mass is 973 g/mol. The molecule has 2 aliphatic heterocycles. The average Bonchev–Trinajstić information content (AvgIpc) is 3.98. The number of nitrogens with one attached hydrogen (secondary N) is 2. The number of unbranched alkanes of at least 4 members (excludes halogenated alkanes) is 4. The van der Waals surface area contributed by atoms with Crippen LogP contribution in [0.3, 0.4) is 0 Å². The summed E-state index contributed by atoms with van der Waals surface area (Å²) in [5.74, 6) is 1.08. The van der Waals surface area contributed by atoms with E-state index in [1.54, 1.807) is 16.2 Å². The lowest BCUT2D eigenvalue weighted by atomic mass is 9.85. The maximum absolute atomic E-state index is 14.1. The van der Waals surface area contributed by atoms with Crippen LogP contribution in [0.2, 0.25) is 0 Å². The highest BCUT2D eigenvalue weighted by Crippen LogP contribution is 2.36. The molecule has 2 aliphatic rings. The summed E-state index contributed by atoms with van der Waals surface area (Å²) in [6.45, 7) is 16.4. The van der Waals surface area contributed by atoms with Crippen molar-refractivity contribution in [3.05, 3.63) is 143 Å². The van der Waals surface area contributed by atoms with Crippen molar-refractivity contribution in [1.29, 1.82) is 0 Å². The fraction of sp³-hybridized carbons (Fsp3) is 0.456. The van der Waals surface area contributed by atoms with E-state index in [1.165, 1.54) is 35.1 Å². The van der Waals surface area contributed by atoms with E-state index in [1.807, 2.05) is 36.7 Å². The third-order valence-electron chi connectivity index (χ3n) is 13.5. The zero-order chi connectivity index (χ0) is 48.6. The lowest BCUT2D eigenvalue weighted by molar-refractivity contribution is -0.142. The number of likely N-dealkylation sites (tertiary alicyclic amines) is 1. The van der Waals surface area contributed by atoms with Gasteiger partial charge in [0, 0.05) is 58.1 Å². The number of piperazine rings is 1. The van der Waals surface area contributed by atoms with Crippen molar-refractivity contribution in [1.82, 2.24) is 30.3 Å². The number of hydrogen-bond donors (Lipinski definition) is 3. The molecule has 2 amide bonds. The van der Waals surface area contributed by atoms with Gasteiger partial charge in [-0.3, -0.25) is 14.5 Å². The molecule has 4 aromatic carbocycles. The van der Waals surface area contributed by atoms with E-state index in [2.05, 4.69) is 131 Å². The Kier molecular flexibility index (Phi) is 19.4. The van der Waals surface area contributed by atoms with Crippen molar-refractivity contribution >= 4 is 45.9 Å². The number of β-amino-alcohol motifs (C(OH)–C–C–N with tert-alkyl or cyclic N) is 1. The summed E-state index contributed by atoms with van der Waals surface area (Å²) in [7, 11) is 0. The predicted octanol–water partition coefficient (Wildman–Crippen LogP) is 9.94. The molecule has 0 unspecified atom stereocenters. The average molecular weight is 974 g/mol. The maximum Gasteiger partial charge on any atom is 0.243 e. The highest BCUT2D eigenvalue weighted by atomic mass is 35.5. The minimum Gasteiger partial charge on any atom is -0.492 e. The van der Waals surface area contributed by atoms with Gasteiger partial charge in [-0.15, -0.1) is 22.9 Å². The van der Waals surface area contributed by atoms with Gasteiger partial charge in [-0.1, -0.05) is 137 Å². The Morgan fingerprint density at radius 3 is 2.07 bits per heavy atom. The third kappa shape index (κ3) is 14.8. The van der Waals surface area contributed by atoms with Crippen molar-refractivity contribution in [2.75, 3.05) is 64.8 Å². The van der Waals surface area contributed by atoms with E-state index in [0.717, 1.165) is 105 Å². The number of aryl methyl sites for hydroxylation is 1. The number of carbonyl (C=O) groups excluding carboxylic acids is 2. The number of carbonyl (C=O) groups is 2. The topological polar surface area (TPSA) is 110 Å². The zero-order valence-corrected chi connectivity index (χ0v) is 42.7. The first-order valence-corrected chi connectivity index (χ1v) is 26.5. The molecule has 3 heterocycles. The van der Waals surface area contributed by atoms with E-state index in [4.69, 9.17) is 16.3 Å². The van der Waals surface area contributed by atoms with Gasteiger partial charge in [-0.25, -0.2) is 4.98 Å². The largest absolute Gasteiger partial charge is 0.492 e. The Bertz CT molecular complexity index is 2380. The molecular weight excluding hydrogens is 900 g/mol. The molecular formula is C57H73ClN6O4S. The van der Waals surface area contributed by atoms with E-state index in [0.29, 0.717) is 19.0 Å². The van der Waals surface area contributed by atoms with Crippen molar-refractivity contribution < 1.29 is 19.4 Å². The summed E-state index contributed by atoms with van der Waals surface area (Å²) in [5.41, 5.74) is 10.5. The summed E-state index contributed by atoms with van der Waals surface area (Å²) >= 11 is 7.97. The van der Waals surface area contributed by atoms with E-state index < -0.39 is 18.2 Å². The highest BCUT2D eigenvalue weighted by Gasteiger charge is 2.43. The Balaban J connectivity index is 0.772. The smallest absolute Gasteiger partial charge is 0.243 e. The van der Waals surface area contributed by atoms with Crippen LogP contribution in [0.1, 0.15) is 93.7 Å². The number of ether oxygens (including phenoxy) is 1. The third-order valence-corrected chi connectivity index (χ3v) is 14.7. The van der Waals surface area contributed by atoms with Crippen LogP contribution in [0.25, 0.3) is 21.6 Å². The van der Waals surface area contributed by atoms with Crippen molar-refractivity contribution in [3.63, 3.8) is 0 Å². The molecule has 3 N–H and O–H groups in total. The predicted molar refractivity (Wildman–Crippen MR) is 284 cm³/mol. The number of aliphatic hydroxyl groups is 1. The van der Waals surface area contributed by atoms with Gasteiger partial charge in [0.15, 0.2) is 0 Å². The number of alkyl halides is 1. The van der Waals surface area contributed by atoms with Crippen LogP contribution in [-0.2, 0) is 16.1 Å². The molecule has 0 radical (unpaired) electrons. The number of benzene rings is 4. The maximum atomic E-state index is 14.1. The lowest BCUT2D eigenvalue weighted by Gasteiger charge is -2.35. The molecule has 69 heavy (non-hydrogen) atoms. The van der Waals surface area contributed by atoms with Crippen molar-refractivity contribution in [3.8, 4) is 16.2 Å². The van der Waals surface area contributed by atoms with Crippen molar-refractivity contribution in [2.24, 2.45) is 5.41 Å². The van der Waals surface area contributed by atoms with Crippen LogP contribution >= 0.6 is 22.9 Å². The van der Waals surface area contributed by atoms with Gasteiger partial charge < -0.3 is 30.3 Å². The second-order valence-electron chi connectivity index (χ2n) is 19.7. The summed E-state index contributed by atoms with van der Waals surface area (Å²) < 4.78 is 6.26. The number of halogens is 1. The molecule has 0 spiro atoms. The molecule has 12 heteroatoms. The zero-order valence-electron chi connectivity index (χ0n) is 41.2. The molecule has 10 nitrogen and oxygen atoms in total. The number of hydrogen-bond acceptors (Lipinski definition) is 9. The summed E-state index contributed by atoms with van der Waals surface area (Å²) in [5, 5.41) is 17.2. The van der Waals surface area contributed by atoms with E-state index >= 15 is 0 Å². The molecule has 368 valence electrons. The quantitative estimate of drug-likeness (QED) is 0.0338. The fourth-order valence-electron chi connectivity index (χ4n) is 9.65. The number of rotatable bonds is 23. The normalized spacial score (nSPS) is 17.7. The van der Waals surface area contributed by atoms with Crippen LogP contribution in [-0.4, -0.2) is 120 Å². The first-order valence-electron chi connectivity index (χ1n) is 25.1. The Morgan fingerprint density at radius 1 is 0.812 bits per heavy atom. The lowest BCUT2D eigenvalue weighted by Crippen LogP contribution is -2.56. The minimum atomic E-state index is -0.730. The standard InChI is InChI=1S/C57H73ClN6O4S/c1-42-53(69-41-61-42)47-22-20-43(21-23-47)39-60-55(66)51-38-48(65)40-64(51)56(67)54(57(2,3)4)59-30-14-6-5-7-15-31-62-32-34-63(35-33-62)36-37-68-49-26-24-46(25-27-49)52(45-18-12-9-13-19-45)50(28-29-58)44-16-10-8-11-17-44/h8-13,16-27,41,48,51,54,59,65H,5-7,14-15,28-40H2,1-4H3,(H,60,66)/b52-50-/t48-,51+,54-/m1/s1. The SMILES string of the molecule is Cc1ncsc1-c1ccc(CNC(=O)[C@@H]2C[C@@H](O)CN2C(=O)[C@@H](NCCCCCCCN2CCN(CCOc3ccc(/C(=C(/CCCl)c4ccccc4)c4ccccc4)cc3)CC2)C(C)(C)C)cc1. The number of allylic oxidation sites excluding steroid dienone is 1. The summed E-state index contributed by atoms with van der Waals surface area (Å²) in [6, 6.07) is 36.6. The number of aliphatic hydroxyl groups excluding tert-OH is 1. The number of amides is 2. The molecule has 5 aromatic rings. The van der Waals surface area contributed by atoms with E-state index in [9.17, 15) is 14.7 Å². The van der Waals surface area contributed by atoms with Gasteiger partial charge in [0.2, 0.25) is 11.8 Å². The molecule has 7 rings (SSSR count). The number of aromatic nitrogens is 1. The van der Waals surface area contributed by atoms with Gasteiger partial charge in [0.1, 0.15) is 18.4 Å². The number of nitrogens with zero attached hydrogens (tertiary/aromatic N) is 4. The Labute approximate surface area is 420 Å². The Hall–Kier alpha value is -4.88. The molecule has 2 fully saturated rings. The first kappa shape index (κ1) is 52.0. The molecule has 0 aliphatic carbocycles. The van der Waals surface area contributed by atoms with Gasteiger partial charge in [-0.2, -0.15) is 0 Å². The molecule has 2 saturated heterocycles. The van der Waals surface area contributed by atoms with Gasteiger partial charge >= 0.3 is 0 Å². The van der Waals surface area contributed by atoms with Crippen LogP contribution < -0.4 is 15.4 Å². The second-order valence-corrected chi connectivity index (χ2v) is 20.9. The molecule has 3 atom stereocenters. The van der Waals surface area contributed by atoms with Gasteiger partial charge in [0.25, 0.3) is 0 Å². The Morgan fingerprint density at radius 2 is 1.43 bits per heavy atom. The van der Waals surface area contributed by atoms with Crippen LogP contribution in [0.5, 0.6) is 5.75 Å². The fourth-order valence-corrected chi connectivity index (χ4v) is 10.6. The van der Waals surface area contributed by atoms with Crippen LogP contribution in [0.15, 0.2) is 115 Å². The summed E-state index contributed by atoms with van der Waals surface area (Å²) in [6.07, 6.45) is 5.90. The van der Waals surface area contributed by atoms with Crippen molar-refractivity contribution in [2.45, 2.75) is 97.4 Å². The van der Waals surface area contributed by atoms with Crippen LogP contribution in [0.4, 0.5) is 0 Å². The van der Waals surface area contributed by atoms with Crippen LogP contribution in [0, 0.1) is 12.3 Å². The molecule has 0 bridgehead atoms. The first-order chi connectivity index (χ1) is 33.5. The van der Waals surface area contributed by atoms with E-state index in [-0.39, 0.29) is 30.2 Å². The molecule has 0 saturated carbocycles. The van der Waals surface area contributed by atoms with Gasteiger partial charge in [0.05, 0.1) is 28.2 Å².